The molecule has 1 unspecified atom stereocenters. The van der Waals surface area contributed by atoms with Crippen molar-refractivity contribution in [2.45, 2.75) is 38.6 Å². The largest absolute Gasteiger partial charge is 0.352 e. The van der Waals surface area contributed by atoms with Gasteiger partial charge in [0.15, 0.2) is 0 Å². The van der Waals surface area contributed by atoms with Gasteiger partial charge in [-0.15, -0.1) is 0 Å². The molecule has 1 aliphatic rings. The van der Waals surface area contributed by atoms with Crippen LogP contribution in [-0.4, -0.2) is 5.91 Å². The molecule has 0 heterocycles. The Balaban J connectivity index is 1.56. The molecule has 114 valence electrons. The van der Waals surface area contributed by atoms with Crippen molar-refractivity contribution in [3.8, 4) is 0 Å². The van der Waals surface area contributed by atoms with Crippen molar-refractivity contribution < 1.29 is 9.18 Å². The van der Waals surface area contributed by atoms with E-state index in [1.54, 1.807) is 19.1 Å². The van der Waals surface area contributed by atoms with Crippen LogP contribution in [0, 0.1) is 12.7 Å². The van der Waals surface area contributed by atoms with E-state index in [0.29, 0.717) is 24.4 Å². The van der Waals surface area contributed by atoms with Crippen LogP contribution in [0.3, 0.4) is 0 Å². The standard InChI is InChI=1S/C19H20FNO/c1-13-10-14(6-9-18(13)20)12-21-19(22)11-16-8-7-15-4-2-3-5-17(15)16/h2-6,9-10,16H,7-8,11-12H2,1H3,(H,21,22). The Hall–Kier alpha value is -2.16. The summed E-state index contributed by atoms with van der Waals surface area (Å²) in [5.74, 6) is 0.174. The third kappa shape index (κ3) is 3.19. The molecule has 22 heavy (non-hydrogen) atoms. The summed E-state index contributed by atoms with van der Waals surface area (Å²) in [7, 11) is 0. The van der Waals surface area contributed by atoms with Crippen LogP contribution < -0.4 is 5.32 Å². The van der Waals surface area contributed by atoms with Crippen LogP contribution in [-0.2, 0) is 17.8 Å². The van der Waals surface area contributed by atoms with Gasteiger partial charge in [-0.1, -0.05) is 36.4 Å². The quantitative estimate of drug-likeness (QED) is 0.912. The highest BCUT2D eigenvalue weighted by molar-refractivity contribution is 5.77. The van der Waals surface area contributed by atoms with Crippen LogP contribution in [0.4, 0.5) is 4.39 Å². The Morgan fingerprint density at radius 3 is 2.91 bits per heavy atom. The number of carbonyl (C=O) groups is 1. The summed E-state index contributed by atoms with van der Waals surface area (Å²) in [5, 5.41) is 2.94. The zero-order valence-corrected chi connectivity index (χ0v) is 12.7. The number of halogens is 1. The first-order chi connectivity index (χ1) is 10.6. The van der Waals surface area contributed by atoms with E-state index < -0.39 is 0 Å². The van der Waals surface area contributed by atoms with E-state index in [0.717, 1.165) is 18.4 Å². The van der Waals surface area contributed by atoms with E-state index >= 15 is 0 Å². The average molecular weight is 297 g/mol. The molecule has 2 nitrogen and oxygen atoms in total. The van der Waals surface area contributed by atoms with Gasteiger partial charge in [-0.25, -0.2) is 4.39 Å². The molecule has 0 saturated carbocycles. The van der Waals surface area contributed by atoms with Crippen LogP contribution in [0.25, 0.3) is 0 Å². The molecule has 3 heteroatoms. The number of amides is 1. The van der Waals surface area contributed by atoms with Gasteiger partial charge in [0.05, 0.1) is 0 Å². The van der Waals surface area contributed by atoms with Crippen molar-refractivity contribution >= 4 is 5.91 Å². The molecule has 0 aliphatic heterocycles. The van der Waals surface area contributed by atoms with Crippen LogP contribution in [0.15, 0.2) is 42.5 Å². The fraction of sp³-hybridized carbons (Fsp3) is 0.316. The number of benzene rings is 2. The van der Waals surface area contributed by atoms with E-state index in [2.05, 4.69) is 23.5 Å². The molecule has 0 spiro atoms. The lowest BCUT2D eigenvalue weighted by atomic mass is 9.97. The predicted molar refractivity (Wildman–Crippen MR) is 85.1 cm³/mol. The van der Waals surface area contributed by atoms with Crippen LogP contribution >= 0.6 is 0 Å². The lowest BCUT2D eigenvalue weighted by Crippen LogP contribution is -2.24. The number of carbonyl (C=O) groups excluding carboxylic acids is 1. The molecule has 1 aliphatic carbocycles. The second kappa shape index (κ2) is 6.30. The molecule has 3 rings (SSSR count). The molecule has 0 bridgehead atoms. The third-order valence-corrected chi connectivity index (χ3v) is 4.40. The smallest absolute Gasteiger partial charge is 0.220 e. The van der Waals surface area contributed by atoms with Gasteiger partial charge in [0.2, 0.25) is 5.91 Å². The number of fused-ring (bicyclic) bond motifs is 1. The Labute approximate surface area is 130 Å². The van der Waals surface area contributed by atoms with Gasteiger partial charge in [0, 0.05) is 13.0 Å². The molecule has 0 aromatic heterocycles. The summed E-state index contributed by atoms with van der Waals surface area (Å²) in [6.45, 7) is 2.18. The monoisotopic (exact) mass is 297 g/mol. The molecule has 0 saturated heterocycles. The maximum Gasteiger partial charge on any atom is 0.220 e. The second-order valence-electron chi connectivity index (χ2n) is 6.00. The van der Waals surface area contributed by atoms with E-state index in [1.165, 1.54) is 17.2 Å². The van der Waals surface area contributed by atoms with E-state index in [-0.39, 0.29) is 11.7 Å². The molecule has 0 fully saturated rings. The molecule has 2 aromatic rings. The molecule has 1 N–H and O–H groups in total. The first-order valence-corrected chi connectivity index (χ1v) is 7.73. The maximum atomic E-state index is 13.2. The van der Waals surface area contributed by atoms with Gasteiger partial charge < -0.3 is 5.32 Å². The van der Waals surface area contributed by atoms with Crippen molar-refractivity contribution in [3.63, 3.8) is 0 Å². The zero-order chi connectivity index (χ0) is 15.5. The highest BCUT2D eigenvalue weighted by Gasteiger charge is 2.23. The third-order valence-electron chi connectivity index (χ3n) is 4.40. The van der Waals surface area contributed by atoms with Gasteiger partial charge in [-0.05, 0) is 54.0 Å². The average Bonchev–Trinajstić information content (AvgIpc) is 2.92. The number of hydrogen-bond acceptors (Lipinski definition) is 1. The first-order valence-electron chi connectivity index (χ1n) is 7.73. The summed E-state index contributed by atoms with van der Waals surface area (Å²) in [6, 6.07) is 13.3. The fourth-order valence-corrected chi connectivity index (χ4v) is 3.17. The maximum absolute atomic E-state index is 13.2. The fourth-order valence-electron chi connectivity index (χ4n) is 3.17. The number of rotatable bonds is 4. The second-order valence-corrected chi connectivity index (χ2v) is 6.00. The summed E-state index contributed by atoms with van der Waals surface area (Å²) in [4.78, 5) is 12.1. The highest BCUT2D eigenvalue weighted by atomic mass is 19.1. The van der Waals surface area contributed by atoms with Gasteiger partial charge in [-0.3, -0.25) is 4.79 Å². The highest BCUT2D eigenvalue weighted by Crippen LogP contribution is 2.35. The van der Waals surface area contributed by atoms with E-state index in [4.69, 9.17) is 0 Å². The number of hydrogen-bond donors (Lipinski definition) is 1. The van der Waals surface area contributed by atoms with Crippen molar-refractivity contribution in [1.82, 2.24) is 5.32 Å². The Morgan fingerprint density at radius 2 is 2.09 bits per heavy atom. The predicted octanol–water partition coefficient (Wildman–Crippen LogP) is 3.87. The molecule has 1 amide bonds. The molecule has 1 atom stereocenters. The van der Waals surface area contributed by atoms with Crippen LogP contribution in [0.5, 0.6) is 0 Å². The Kier molecular flexibility index (Phi) is 4.23. The summed E-state index contributed by atoms with van der Waals surface area (Å²) >= 11 is 0. The minimum Gasteiger partial charge on any atom is -0.352 e. The summed E-state index contributed by atoms with van der Waals surface area (Å²) in [6.07, 6.45) is 2.63. The van der Waals surface area contributed by atoms with E-state index in [1.807, 2.05) is 6.07 Å². The Morgan fingerprint density at radius 1 is 1.27 bits per heavy atom. The normalized spacial score (nSPS) is 16.4. The van der Waals surface area contributed by atoms with Crippen molar-refractivity contribution in [1.29, 1.82) is 0 Å². The molecular weight excluding hydrogens is 277 g/mol. The summed E-state index contributed by atoms with van der Waals surface area (Å²) in [5.41, 5.74) is 4.22. The van der Waals surface area contributed by atoms with Crippen LogP contribution in [0.2, 0.25) is 0 Å². The summed E-state index contributed by atoms with van der Waals surface area (Å²) < 4.78 is 13.2. The number of nitrogens with one attached hydrogen (secondary N) is 1. The zero-order valence-electron chi connectivity index (χ0n) is 12.7. The van der Waals surface area contributed by atoms with Gasteiger partial charge in [0.1, 0.15) is 5.82 Å². The molecular formula is C19H20FNO. The SMILES string of the molecule is Cc1cc(CNC(=O)CC2CCc3ccccc32)ccc1F. The van der Waals surface area contributed by atoms with Gasteiger partial charge in [-0.2, -0.15) is 0 Å². The Bertz CT molecular complexity index is 696. The molecule has 0 radical (unpaired) electrons. The lowest BCUT2D eigenvalue weighted by Gasteiger charge is -2.12. The number of aryl methyl sites for hydroxylation is 2. The minimum absolute atomic E-state index is 0.0590. The van der Waals surface area contributed by atoms with Gasteiger partial charge in [0.25, 0.3) is 0 Å². The molecule has 2 aromatic carbocycles. The van der Waals surface area contributed by atoms with Crippen molar-refractivity contribution in [2.75, 3.05) is 0 Å². The van der Waals surface area contributed by atoms with Crippen LogP contribution in [0.1, 0.15) is 41.0 Å². The minimum atomic E-state index is -0.211. The lowest BCUT2D eigenvalue weighted by molar-refractivity contribution is -0.121. The van der Waals surface area contributed by atoms with Crippen molar-refractivity contribution in [2.24, 2.45) is 0 Å². The van der Waals surface area contributed by atoms with Gasteiger partial charge >= 0.3 is 0 Å². The topological polar surface area (TPSA) is 29.1 Å². The first kappa shape index (κ1) is 14.8. The van der Waals surface area contributed by atoms with E-state index in [9.17, 15) is 9.18 Å². The van der Waals surface area contributed by atoms with Crippen molar-refractivity contribution in [3.05, 3.63) is 70.5 Å².